The lowest BCUT2D eigenvalue weighted by molar-refractivity contribution is 0.431. The number of hydrogen-bond donors (Lipinski definition) is 1. The summed E-state index contributed by atoms with van der Waals surface area (Å²) in [6, 6.07) is 5.51. The first-order chi connectivity index (χ1) is 4.75. The molecule has 0 amide bonds. The van der Waals surface area contributed by atoms with E-state index in [1.165, 1.54) is 18.2 Å². The summed E-state index contributed by atoms with van der Waals surface area (Å²) in [4.78, 5) is 0. The van der Waals surface area contributed by atoms with E-state index in [1.54, 1.807) is 6.07 Å². The lowest BCUT2D eigenvalue weighted by atomic mass is 10.2. The van der Waals surface area contributed by atoms with E-state index in [4.69, 9.17) is 10.4 Å². The number of rotatable bonds is 0. The first-order valence-electron chi connectivity index (χ1n) is 2.63. The van der Waals surface area contributed by atoms with Crippen LogP contribution in [0, 0.1) is 17.1 Å². The molecule has 1 aromatic rings. The zero-order valence-electron chi connectivity index (χ0n) is 5.00. The smallest absolute Gasteiger partial charge is 0.182 e. The number of hydrogen-bond acceptors (Lipinski definition) is 2. The fourth-order valence-corrected chi connectivity index (χ4v) is 0.606. The highest BCUT2D eigenvalue weighted by molar-refractivity contribution is 5.37. The average molecular weight is 137 g/mol. The monoisotopic (exact) mass is 137 g/mol. The van der Waals surface area contributed by atoms with E-state index in [9.17, 15) is 4.39 Å². The Morgan fingerprint density at radius 1 is 1.50 bits per heavy atom. The second kappa shape index (κ2) is 2.36. The minimum Gasteiger partial charge on any atom is -0.505 e. The van der Waals surface area contributed by atoms with Gasteiger partial charge in [-0.3, -0.25) is 0 Å². The number of benzene rings is 1. The molecule has 1 aromatic carbocycles. The maximum absolute atomic E-state index is 12.5. The summed E-state index contributed by atoms with van der Waals surface area (Å²) in [6.45, 7) is 0. The van der Waals surface area contributed by atoms with Crippen molar-refractivity contribution in [2.45, 2.75) is 0 Å². The van der Waals surface area contributed by atoms with Crippen LogP contribution >= 0.6 is 0 Å². The van der Waals surface area contributed by atoms with Gasteiger partial charge in [-0.15, -0.1) is 0 Å². The third-order valence-electron chi connectivity index (χ3n) is 1.10. The summed E-state index contributed by atoms with van der Waals surface area (Å²) >= 11 is 0. The highest BCUT2D eigenvalue weighted by Crippen LogP contribution is 2.16. The van der Waals surface area contributed by atoms with Crippen molar-refractivity contribution in [3.63, 3.8) is 0 Å². The molecule has 0 aliphatic heterocycles. The standard InChI is InChI=1S/C7H4FNO/c8-7-5(4-9)2-1-3-6(7)10/h1-3,10H. The van der Waals surface area contributed by atoms with Crippen molar-refractivity contribution in [2.75, 3.05) is 0 Å². The van der Waals surface area contributed by atoms with Gasteiger partial charge in [0.1, 0.15) is 6.07 Å². The summed E-state index contributed by atoms with van der Waals surface area (Å²) < 4.78 is 12.5. The van der Waals surface area contributed by atoms with Crippen molar-refractivity contribution in [3.8, 4) is 11.8 Å². The van der Waals surface area contributed by atoms with E-state index in [0.29, 0.717) is 0 Å². The maximum atomic E-state index is 12.5. The van der Waals surface area contributed by atoms with Gasteiger partial charge in [0.05, 0.1) is 5.56 Å². The van der Waals surface area contributed by atoms with Crippen LogP contribution in [0.1, 0.15) is 5.56 Å². The van der Waals surface area contributed by atoms with Crippen LogP contribution in [0.4, 0.5) is 4.39 Å². The van der Waals surface area contributed by atoms with E-state index in [2.05, 4.69) is 0 Å². The Balaban J connectivity index is 3.31. The fourth-order valence-electron chi connectivity index (χ4n) is 0.606. The molecular formula is C7H4FNO. The molecule has 0 aliphatic carbocycles. The van der Waals surface area contributed by atoms with Crippen LogP contribution < -0.4 is 0 Å². The van der Waals surface area contributed by atoms with Gasteiger partial charge >= 0.3 is 0 Å². The summed E-state index contributed by atoms with van der Waals surface area (Å²) in [7, 11) is 0. The Hall–Kier alpha value is -1.56. The van der Waals surface area contributed by atoms with Crippen molar-refractivity contribution in [1.29, 1.82) is 5.26 Å². The van der Waals surface area contributed by atoms with Crippen LogP contribution in [0.25, 0.3) is 0 Å². The van der Waals surface area contributed by atoms with Gasteiger partial charge in [-0.25, -0.2) is 4.39 Å². The van der Waals surface area contributed by atoms with Crippen molar-refractivity contribution < 1.29 is 9.50 Å². The molecule has 0 atom stereocenters. The molecule has 0 fully saturated rings. The minimum absolute atomic E-state index is 0.139. The largest absolute Gasteiger partial charge is 0.505 e. The van der Waals surface area contributed by atoms with Crippen molar-refractivity contribution in [2.24, 2.45) is 0 Å². The Kier molecular flexibility index (Phi) is 1.55. The highest BCUT2D eigenvalue weighted by atomic mass is 19.1. The Labute approximate surface area is 57.1 Å². The van der Waals surface area contributed by atoms with Crippen LogP contribution in [0.5, 0.6) is 5.75 Å². The molecule has 0 bridgehead atoms. The van der Waals surface area contributed by atoms with E-state index in [1.807, 2.05) is 0 Å². The Morgan fingerprint density at radius 3 is 2.70 bits per heavy atom. The van der Waals surface area contributed by atoms with Gasteiger partial charge in [0.2, 0.25) is 0 Å². The number of aromatic hydroxyl groups is 1. The lowest BCUT2D eigenvalue weighted by Crippen LogP contribution is -1.81. The van der Waals surface area contributed by atoms with E-state index in [0.717, 1.165) is 0 Å². The molecule has 0 spiro atoms. The maximum Gasteiger partial charge on any atom is 0.182 e. The van der Waals surface area contributed by atoms with Gasteiger partial charge < -0.3 is 5.11 Å². The van der Waals surface area contributed by atoms with Gasteiger partial charge in [-0.05, 0) is 12.1 Å². The first kappa shape index (κ1) is 6.56. The molecule has 50 valence electrons. The summed E-state index contributed by atoms with van der Waals surface area (Å²) in [6.07, 6.45) is 0. The van der Waals surface area contributed by atoms with Crippen LogP contribution in [-0.4, -0.2) is 5.11 Å². The normalized spacial score (nSPS) is 8.80. The molecule has 2 nitrogen and oxygen atoms in total. The third-order valence-corrected chi connectivity index (χ3v) is 1.10. The predicted molar refractivity (Wildman–Crippen MR) is 32.8 cm³/mol. The molecule has 3 heteroatoms. The molecule has 0 unspecified atom stereocenters. The highest BCUT2D eigenvalue weighted by Gasteiger charge is 2.03. The fraction of sp³-hybridized carbons (Fsp3) is 0. The average Bonchev–Trinajstić information content (AvgIpc) is 1.95. The number of phenolic OH excluding ortho intramolecular Hbond substituents is 1. The van der Waals surface area contributed by atoms with Crippen LogP contribution in [0.3, 0.4) is 0 Å². The molecule has 0 saturated heterocycles. The van der Waals surface area contributed by atoms with E-state index in [-0.39, 0.29) is 5.56 Å². The van der Waals surface area contributed by atoms with Crippen molar-refractivity contribution in [1.82, 2.24) is 0 Å². The number of halogens is 1. The first-order valence-corrected chi connectivity index (χ1v) is 2.63. The molecule has 10 heavy (non-hydrogen) atoms. The van der Waals surface area contributed by atoms with Gasteiger partial charge in [0.15, 0.2) is 11.6 Å². The Bertz CT molecular complexity index is 290. The zero-order chi connectivity index (χ0) is 7.56. The second-order valence-electron chi connectivity index (χ2n) is 1.75. The topological polar surface area (TPSA) is 44.0 Å². The molecule has 1 rings (SSSR count). The lowest BCUT2D eigenvalue weighted by Gasteiger charge is -1.93. The molecular weight excluding hydrogens is 133 g/mol. The minimum atomic E-state index is -0.856. The molecule has 0 radical (unpaired) electrons. The van der Waals surface area contributed by atoms with Gasteiger partial charge in [-0.2, -0.15) is 5.26 Å². The molecule has 1 N–H and O–H groups in total. The van der Waals surface area contributed by atoms with Crippen molar-refractivity contribution >= 4 is 0 Å². The summed E-state index contributed by atoms with van der Waals surface area (Å²) in [5.74, 6) is -1.34. The quantitative estimate of drug-likeness (QED) is 0.587. The Morgan fingerprint density at radius 2 is 2.20 bits per heavy atom. The molecule has 0 aliphatic rings. The SMILES string of the molecule is N#Cc1cccc(O)c1F. The van der Waals surface area contributed by atoms with Gasteiger partial charge in [-0.1, -0.05) is 6.07 Å². The van der Waals surface area contributed by atoms with Crippen LogP contribution in [-0.2, 0) is 0 Å². The molecule has 0 saturated carbocycles. The third kappa shape index (κ3) is 0.914. The van der Waals surface area contributed by atoms with Gasteiger partial charge in [0.25, 0.3) is 0 Å². The van der Waals surface area contributed by atoms with Crippen LogP contribution in [0.15, 0.2) is 18.2 Å². The molecule has 0 aromatic heterocycles. The zero-order valence-corrected chi connectivity index (χ0v) is 5.00. The summed E-state index contributed by atoms with van der Waals surface area (Å²) in [5.41, 5.74) is -0.139. The predicted octanol–water partition coefficient (Wildman–Crippen LogP) is 1.40. The van der Waals surface area contributed by atoms with Crippen molar-refractivity contribution in [3.05, 3.63) is 29.6 Å². The second-order valence-corrected chi connectivity index (χ2v) is 1.75. The summed E-state index contributed by atoms with van der Waals surface area (Å²) in [5, 5.41) is 16.9. The van der Waals surface area contributed by atoms with Crippen LogP contribution in [0.2, 0.25) is 0 Å². The molecule has 0 heterocycles. The number of phenols is 1. The number of nitriles is 1. The number of nitrogens with zero attached hydrogens (tertiary/aromatic N) is 1. The van der Waals surface area contributed by atoms with Gasteiger partial charge in [0, 0.05) is 0 Å². The van der Waals surface area contributed by atoms with E-state index >= 15 is 0 Å². The van der Waals surface area contributed by atoms with E-state index < -0.39 is 11.6 Å².